The number of anilines is 1. The van der Waals surface area contributed by atoms with Gasteiger partial charge in [0.15, 0.2) is 0 Å². The molecule has 0 atom stereocenters. The third-order valence-electron chi connectivity index (χ3n) is 6.62. The topological polar surface area (TPSA) is 70.2 Å². The van der Waals surface area contributed by atoms with E-state index in [1.54, 1.807) is 48.8 Å². The van der Waals surface area contributed by atoms with Gasteiger partial charge < -0.3 is 14.5 Å². The summed E-state index contributed by atoms with van der Waals surface area (Å²) in [5.74, 6) is 0.540. The molecule has 0 unspecified atom stereocenters. The second-order valence-electron chi connectivity index (χ2n) is 8.98. The van der Waals surface area contributed by atoms with Gasteiger partial charge in [-0.25, -0.2) is 8.42 Å². The van der Waals surface area contributed by atoms with Crippen molar-refractivity contribution >= 4 is 27.7 Å². The molecule has 8 heteroatoms. The highest BCUT2D eigenvalue weighted by Crippen LogP contribution is 2.22. The van der Waals surface area contributed by atoms with E-state index < -0.39 is 10.0 Å². The van der Waals surface area contributed by atoms with Crippen LogP contribution in [0.2, 0.25) is 0 Å². The fourth-order valence-electron chi connectivity index (χ4n) is 4.24. The standard InChI is InChI=1S/C29H33N3O4S/c1-30(29(33)17-10-25-8-13-27(36-2)14-9-25)26-11-15-28(16-12-26)37(34,35)32-22-20-31(21-23-32)19-18-24-6-4-3-5-7-24/h3-17H,18-23H2,1-2H3/b17-10+. The number of benzene rings is 3. The Kier molecular flexibility index (Phi) is 8.76. The van der Waals surface area contributed by atoms with Crippen LogP contribution < -0.4 is 9.64 Å². The quantitative estimate of drug-likeness (QED) is 0.401. The lowest BCUT2D eigenvalue weighted by molar-refractivity contribution is -0.113. The number of sulfonamides is 1. The zero-order valence-electron chi connectivity index (χ0n) is 21.3. The molecular formula is C29H33N3O4S. The molecule has 1 aliphatic rings. The van der Waals surface area contributed by atoms with Gasteiger partial charge in [0, 0.05) is 51.5 Å². The Morgan fingerprint density at radius 3 is 2.19 bits per heavy atom. The zero-order valence-corrected chi connectivity index (χ0v) is 22.1. The van der Waals surface area contributed by atoms with Gasteiger partial charge in [0.05, 0.1) is 12.0 Å². The predicted octanol–water partition coefficient (Wildman–Crippen LogP) is 3.92. The van der Waals surface area contributed by atoms with Crippen molar-refractivity contribution in [3.8, 4) is 5.75 Å². The summed E-state index contributed by atoms with van der Waals surface area (Å²) >= 11 is 0. The minimum Gasteiger partial charge on any atom is -0.497 e. The van der Waals surface area contributed by atoms with Crippen molar-refractivity contribution in [1.82, 2.24) is 9.21 Å². The molecule has 3 aromatic rings. The highest BCUT2D eigenvalue weighted by Gasteiger charge is 2.28. The van der Waals surface area contributed by atoms with E-state index in [-0.39, 0.29) is 10.8 Å². The zero-order chi connectivity index (χ0) is 26.3. The molecule has 1 fully saturated rings. The van der Waals surface area contributed by atoms with Gasteiger partial charge in [-0.3, -0.25) is 4.79 Å². The lowest BCUT2D eigenvalue weighted by atomic mass is 10.1. The molecule has 0 N–H and O–H groups in total. The van der Waals surface area contributed by atoms with E-state index in [0.717, 1.165) is 24.3 Å². The van der Waals surface area contributed by atoms with Crippen molar-refractivity contribution in [2.75, 3.05) is 51.8 Å². The Morgan fingerprint density at radius 2 is 1.57 bits per heavy atom. The van der Waals surface area contributed by atoms with Crippen molar-refractivity contribution in [3.63, 3.8) is 0 Å². The Morgan fingerprint density at radius 1 is 0.919 bits per heavy atom. The lowest BCUT2D eigenvalue weighted by Gasteiger charge is -2.34. The normalized spacial score (nSPS) is 15.1. The van der Waals surface area contributed by atoms with Crippen molar-refractivity contribution < 1.29 is 17.9 Å². The van der Waals surface area contributed by atoms with E-state index in [4.69, 9.17) is 4.74 Å². The number of rotatable bonds is 9. The second-order valence-corrected chi connectivity index (χ2v) is 10.9. The van der Waals surface area contributed by atoms with Crippen LogP contribution in [0.4, 0.5) is 5.69 Å². The number of amides is 1. The largest absolute Gasteiger partial charge is 0.497 e. The summed E-state index contributed by atoms with van der Waals surface area (Å²) in [6, 6.07) is 24.2. The molecule has 0 saturated carbocycles. The van der Waals surface area contributed by atoms with Crippen molar-refractivity contribution in [2.45, 2.75) is 11.3 Å². The fourth-order valence-corrected chi connectivity index (χ4v) is 5.66. The molecule has 1 heterocycles. The van der Waals surface area contributed by atoms with Crippen LogP contribution >= 0.6 is 0 Å². The van der Waals surface area contributed by atoms with Crippen LogP contribution in [0.15, 0.2) is 89.8 Å². The maximum absolute atomic E-state index is 13.2. The molecular weight excluding hydrogens is 486 g/mol. The van der Waals surface area contributed by atoms with Crippen molar-refractivity contribution in [1.29, 1.82) is 0 Å². The third-order valence-corrected chi connectivity index (χ3v) is 8.53. The smallest absolute Gasteiger partial charge is 0.250 e. The van der Waals surface area contributed by atoms with Crippen LogP contribution in [0.25, 0.3) is 6.08 Å². The first-order chi connectivity index (χ1) is 17.9. The molecule has 0 aromatic heterocycles. The number of likely N-dealkylation sites (N-methyl/N-ethyl adjacent to an activating group) is 1. The molecule has 0 radical (unpaired) electrons. The van der Waals surface area contributed by atoms with Crippen LogP contribution in [0.5, 0.6) is 5.75 Å². The summed E-state index contributed by atoms with van der Waals surface area (Å²) in [5.41, 5.74) is 2.79. The Hall–Kier alpha value is -3.46. The molecule has 37 heavy (non-hydrogen) atoms. The summed E-state index contributed by atoms with van der Waals surface area (Å²) in [6.45, 7) is 3.27. The molecule has 7 nitrogen and oxygen atoms in total. The molecule has 3 aromatic carbocycles. The van der Waals surface area contributed by atoms with Gasteiger partial charge in [0.2, 0.25) is 10.0 Å². The van der Waals surface area contributed by atoms with E-state index in [0.29, 0.717) is 31.9 Å². The molecule has 0 spiro atoms. The van der Waals surface area contributed by atoms with Crippen LogP contribution in [-0.2, 0) is 21.2 Å². The molecule has 1 aliphatic heterocycles. The molecule has 1 saturated heterocycles. The first kappa shape index (κ1) is 26.6. The van der Waals surface area contributed by atoms with E-state index in [1.165, 1.54) is 16.5 Å². The SMILES string of the molecule is COc1ccc(/C=C/C(=O)N(C)c2ccc(S(=O)(=O)N3CCN(CCc4ccccc4)CC3)cc2)cc1. The average Bonchev–Trinajstić information content (AvgIpc) is 2.95. The summed E-state index contributed by atoms with van der Waals surface area (Å²) in [4.78, 5) is 16.7. The summed E-state index contributed by atoms with van der Waals surface area (Å²) < 4.78 is 33.1. The van der Waals surface area contributed by atoms with E-state index >= 15 is 0 Å². The highest BCUT2D eigenvalue weighted by molar-refractivity contribution is 7.89. The minimum absolute atomic E-state index is 0.210. The van der Waals surface area contributed by atoms with Gasteiger partial charge in [-0.05, 0) is 60.0 Å². The third kappa shape index (κ3) is 6.85. The van der Waals surface area contributed by atoms with Gasteiger partial charge in [0.25, 0.3) is 5.91 Å². The fraction of sp³-hybridized carbons (Fsp3) is 0.276. The lowest BCUT2D eigenvalue weighted by Crippen LogP contribution is -2.49. The van der Waals surface area contributed by atoms with Gasteiger partial charge in [-0.1, -0.05) is 42.5 Å². The van der Waals surface area contributed by atoms with Crippen LogP contribution in [0, 0.1) is 0 Å². The van der Waals surface area contributed by atoms with Gasteiger partial charge in [-0.2, -0.15) is 4.31 Å². The van der Waals surface area contributed by atoms with Crippen LogP contribution in [0.3, 0.4) is 0 Å². The molecule has 1 amide bonds. The number of piperazine rings is 1. The maximum atomic E-state index is 13.2. The number of methoxy groups -OCH3 is 1. The monoisotopic (exact) mass is 519 g/mol. The summed E-state index contributed by atoms with van der Waals surface area (Å²) in [6.07, 6.45) is 4.18. The van der Waals surface area contributed by atoms with Crippen LogP contribution in [0.1, 0.15) is 11.1 Å². The van der Waals surface area contributed by atoms with E-state index in [9.17, 15) is 13.2 Å². The second kappa shape index (κ2) is 12.2. The molecule has 4 rings (SSSR count). The van der Waals surface area contributed by atoms with Crippen molar-refractivity contribution in [3.05, 3.63) is 96.1 Å². The maximum Gasteiger partial charge on any atom is 0.250 e. The molecule has 194 valence electrons. The summed E-state index contributed by atoms with van der Waals surface area (Å²) in [5, 5.41) is 0. The van der Waals surface area contributed by atoms with E-state index in [2.05, 4.69) is 17.0 Å². The number of nitrogens with zero attached hydrogens (tertiary/aromatic N) is 3. The molecule has 0 aliphatic carbocycles. The number of hydrogen-bond donors (Lipinski definition) is 0. The first-order valence-electron chi connectivity index (χ1n) is 12.3. The minimum atomic E-state index is -3.59. The Labute approximate surface area is 219 Å². The first-order valence-corrected chi connectivity index (χ1v) is 13.8. The number of carbonyl (C=O) groups excluding carboxylic acids is 1. The Bertz CT molecular complexity index is 1300. The van der Waals surface area contributed by atoms with Gasteiger partial charge in [0.1, 0.15) is 5.75 Å². The number of carbonyl (C=O) groups is 1. The van der Waals surface area contributed by atoms with E-state index in [1.807, 2.05) is 42.5 Å². The highest BCUT2D eigenvalue weighted by atomic mass is 32.2. The predicted molar refractivity (Wildman–Crippen MR) is 147 cm³/mol. The average molecular weight is 520 g/mol. The number of hydrogen-bond acceptors (Lipinski definition) is 5. The summed E-state index contributed by atoms with van der Waals surface area (Å²) in [7, 11) is -0.318. The van der Waals surface area contributed by atoms with Crippen LogP contribution in [-0.4, -0.2) is 70.4 Å². The number of ether oxygens (including phenoxy) is 1. The van der Waals surface area contributed by atoms with Crippen molar-refractivity contribution in [2.24, 2.45) is 0 Å². The van der Waals surface area contributed by atoms with Gasteiger partial charge in [-0.15, -0.1) is 0 Å². The Balaban J connectivity index is 1.31. The molecule has 0 bridgehead atoms. The van der Waals surface area contributed by atoms with Gasteiger partial charge >= 0.3 is 0 Å².